The van der Waals surface area contributed by atoms with Crippen LogP contribution in [-0.2, 0) is 0 Å². The highest BCUT2D eigenvalue weighted by atomic mass is 35.5. The fraction of sp³-hybridized carbons (Fsp3) is 0.125. The molecule has 0 saturated heterocycles. The molecule has 0 aliphatic carbocycles. The average Bonchev–Trinajstić information content (AvgIpc) is 2.42. The molecule has 0 bridgehead atoms. The molecule has 2 aromatic carbocycles. The summed E-state index contributed by atoms with van der Waals surface area (Å²) in [6, 6.07) is 8.83. The predicted octanol–water partition coefficient (Wildman–Crippen LogP) is 5.19. The second-order valence-corrected chi connectivity index (χ2v) is 4.67. The molecule has 0 unspecified atom stereocenters. The predicted molar refractivity (Wildman–Crippen MR) is 76.1 cm³/mol. The van der Waals surface area contributed by atoms with Gasteiger partial charge >= 0.3 is 0 Å². The van der Waals surface area contributed by atoms with Crippen LogP contribution in [0.2, 0.25) is 0 Å². The Hall–Kier alpha value is -1.74. The largest absolute Gasteiger partial charge is 0.206 e. The number of alkyl halides is 1. The molecule has 0 aliphatic rings. The maximum absolute atomic E-state index is 13.8. The molecule has 0 radical (unpaired) electrons. The van der Waals surface area contributed by atoms with E-state index in [1.54, 1.807) is 6.08 Å². The third-order valence-corrected chi connectivity index (χ3v) is 3.31. The van der Waals surface area contributed by atoms with Crippen LogP contribution >= 0.6 is 11.6 Å². The molecule has 0 N–H and O–H groups in total. The molecule has 0 heterocycles. The molecule has 2 aromatic rings. The Morgan fingerprint density at radius 1 is 1.05 bits per heavy atom. The number of halogens is 4. The highest BCUT2D eigenvalue weighted by Crippen LogP contribution is 2.25. The molecule has 0 atom stereocenters. The van der Waals surface area contributed by atoms with E-state index in [1.165, 1.54) is 0 Å². The van der Waals surface area contributed by atoms with E-state index in [9.17, 15) is 13.2 Å². The third kappa shape index (κ3) is 3.05. The van der Waals surface area contributed by atoms with Crippen molar-refractivity contribution in [3.05, 3.63) is 70.5 Å². The molecule has 104 valence electrons. The van der Waals surface area contributed by atoms with Crippen molar-refractivity contribution in [2.45, 2.75) is 6.92 Å². The number of rotatable bonds is 3. The Bertz CT molecular complexity index is 663. The summed E-state index contributed by atoms with van der Waals surface area (Å²) >= 11 is 5.82. The SMILES string of the molecule is Cc1ccccc1/C=C(\CCl)c1cc(F)c(F)cc1F. The van der Waals surface area contributed by atoms with Gasteiger partial charge in [0.05, 0.1) is 0 Å². The van der Waals surface area contributed by atoms with Crippen molar-refractivity contribution in [2.24, 2.45) is 0 Å². The standard InChI is InChI=1S/C16H12ClF3/c1-10-4-2-3-5-11(10)6-12(9-17)13-7-15(19)16(20)8-14(13)18/h2-8H,9H2,1H3/b12-6+. The molecular weight excluding hydrogens is 285 g/mol. The van der Waals surface area contributed by atoms with Crippen LogP contribution in [0.25, 0.3) is 11.6 Å². The first-order valence-electron chi connectivity index (χ1n) is 6.00. The lowest BCUT2D eigenvalue weighted by atomic mass is 10.0. The highest BCUT2D eigenvalue weighted by molar-refractivity contribution is 6.24. The summed E-state index contributed by atoms with van der Waals surface area (Å²) < 4.78 is 40.0. The molecule has 0 saturated carbocycles. The lowest BCUT2D eigenvalue weighted by Crippen LogP contribution is -1.96. The topological polar surface area (TPSA) is 0 Å². The van der Waals surface area contributed by atoms with Crippen LogP contribution in [0.1, 0.15) is 16.7 Å². The molecule has 0 aromatic heterocycles. The van der Waals surface area contributed by atoms with Gasteiger partial charge in [-0.3, -0.25) is 0 Å². The molecule has 2 rings (SSSR count). The summed E-state index contributed by atoms with van der Waals surface area (Å²) in [5.41, 5.74) is 2.21. The third-order valence-electron chi connectivity index (χ3n) is 3.02. The van der Waals surface area contributed by atoms with Gasteiger partial charge in [-0.25, -0.2) is 13.2 Å². The monoisotopic (exact) mass is 296 g/mol. The first kappa shape index (κ1) is 14.7. The van der Waals surface area contributed by atoms with E-state index in [0.717, 1.165) is 17.2 Å². The van der Waals surface area contributed by atoms with Crippen molar-refractivity contribution in [1.29, 1.82) is 0 Å². The van der Waals surface area contributed by atoms with Crippen molar-refractivity contribution in [2.75, 3.05) is 5.88 Å². The molecular formula is C16H12ClF3. The summed E-state index contributed by atoms with van der Waals surface area (Å²) in [6.07, 6.45) is 1.68. The highest BCUT2D eigenvalue weighted by Gasteiger charge is 2.13. The van der Waals surface area contributed by atoms with Crippen molar-refractivity contribution >= 4 is 23.3 Å². The number of benzene rings is 2. The molecule has 0 fully saturated rings. The van der Waals surface area contributed by atoms with Crippen molar-refractivity contribution < 1.29 is 13.2 Å². The summed E-state index contributed by atoms with van der Waals surface area (Å²) in [6.45, 7) is 1.90. The summed E-state index contributed by atoms with van der Waals surface area (Å²) in [5, 5.41) is 0. The van der Waals surface area contributed by atoms with Crippen molar-refractivity contribution in [3.8, 4) is 0 Å². The van der Waals surface area contributed by atoms with Crippen LogP contribution in [0.3, 0.4) is 0 Å². The summed E-state index contributed by atoms with van der Waals surface area (Å²) in [5.74, 6) is -3.14. The van der Waals surface area contributed by atoms with Crippen LogP contribution in [0.4, 0.5) is 13.2 Å². The zero-order valence-electron chi connectivity index (χ0n) is 10.8. The molecule has 0 spiro atoms. The maximum Gasteiger partial charge on any atom is 0.161 e. The van der Waals surface area contributed by atoms with E-state index >= 15 is 0 Å². The van der Waals surface area contributed by atoms with Gasteiger partial charge in [0.2, 0.25) is 0 Å². The van der Waals surface area contributed by atoms with Crippen LogP contribution in [-0.4, -0.2) is 5.88 Å². The second-order valence-electron chi connectivity index (χ2n) is 4.41. The molecule has 0 aliphatic heterocycles. The van der Waals surface area contributed by atoms with E-state index in [4.69, 9.17) is 11.6 Å². The average molecular weight is 297 g/mol. The van der Waals surface area contributed by atoms with Gasteiger partial charge in [-0.1, -0.05) is 24.3 Å². The Kier molecular flexibility index (Phi) is 4.50. The normalized spacial score (nSPS) is 11.8. The maximum atomic E-state index is 13.8. The smallest absolute Gasteiger partial charge is 0.161 e. The van der Waals surface area contributed by atoms with Crippen molar-refractivity contribution in [1.82, 2.24) is 0 Å². The van der Waals surface area contributed by atoms with Gasteiger partial charge in [-0.2, -0.15) is 0 Å². The van der Waals surface area contributed by atoms with Gasteiger partial charge in [-0.05, 0) is 35.8 Å². The fourth-order valence-corrected chi connectivity index (χ4v) is 2.11. The van der Waals surface area contributed by atoms with E-state index in [2.05, 4.69) is 0 Å². The van der Waals surface area contributed by atoms with E-state index in [-0.39, 0.29) is 11.4 Å². The van der Waals surface area contributed by atoms with Gasteiger partial charge in [-0.15, -0.1) is 11.6 Å². The minimum Gasteiger partial charge on any atom is -0.206 e. The lowest BCUT2D eigenvalue weighted by molar-refractivity contribution is 0.494. The quantitative estimate of drug-likeness (QED) is 0.415. The Morgan fingerprint density at radius 3 is 2.35 bits per heavy atom. The molecule has 20 heavy (non-hydrogen) atoms. The fourth-order valence-electron chi connectivity index (χ4n) is 1.89. The second kappa shape index (κ2) is 6.14. The molecule has 4 heteroatoms. The van der Waals surface area contributed by atoms with Gasteiger partial charge in [0.15, 0.2) is 11.6 Å². The number of allylic oxidation sites excluding steroid dienone is 1. The summed E-state index contributed by atoms with van der Waals surface area (Å²) in [4.78, 5) is 0. The van der Waals surface area contributed by atoms with Gasteiger partial charge in [0.1, 0.15) is 5.82 Å². The zero-order valence-corrected chi connectivity index (χ0v) is 11.5. The lowest BCUT2D eigenvalue weighted by Gasteiger charge is -2.08. The van der Waals surface area contributed by atoms with Crippen LogP contribution in [0, 0.1) is 24.4 Å². The van der Waals surface area contributed by atoms with Gasteiger partial charge < -0.3 is 0 Å². The van der Waals surface area contributed by atoms with Gasteiger partial charge in [0, 0.05) is 17.5 Å². The van der Waals surface area contributed by atoms with Crippen LogP contribution in [0.15, 0.2) is 36.4 Å². The first-order valence-corrected chi connectivity index (χ1v) is 6.53. The molecule has 0 nitrogen and oxygen atoms in total. The van der Waals surface area contributed by atoms with E-state index < -0.39 is 17.5 Å². The van der Waals surface area contributed by atoms with Crippen molar-refractivity contribution in [3.63, 3.8) is 0 Å². The van der Waals surface area contributed by atoms with Gasteiger partial charge in [0.25, 0.3) is 0 Å². The first-order chi connectivity index (χ1) is 9.52. The molecule has 0 amide bonds. The Balaban J connectivity index is 2.53. The Labute approximate surface area is 120 Å². The van der Waals surface area contributed by atoms with E-state index in [1.807, 2.05) is 31.2 Å². The van der Waals surface area contributed by atoms with Crippen LogP contribution < -0.4 is 0 Å². The minimum absolute atomic E-state index is 0.00364. The Morgan fingerprint density at radius 2 is 1.70 bits per heavy atom. The number of hydrogen-bond donors (Lipinski definition) is 0. The van der Waals surface area contributed by atoms with Crippen LogP contribution in [0.5, 0.6) is 0 Å². The van der Waals surface area contributed by atoms with E-state index in [0.29, 0.717) is 11.6 Å². The summed E-state index contributed by atoms with van der Waals surface area (Å²) in [7, 11) is 0. The number of hydrogen-bond acceptors (Lipinski definition) is 0. The number of aryl methyl sites for hydroxylation is 1. The minimum atomic E-state index is -1.21. The zero-order chi connectivity index (χ0) is 14.7.